The molecule has 90 valence electrons. The third kappa shape index (κ3) is 2.00. The molecular formula is C13H16N2O2. The Morgan fingerprint density at radius 1 is 1.47 bits per heavy atom. The van der Waals surface area contributed by atoms with Crippen molar-refractivity contribution < 1.29 is 9.15 Å². The van der Waals surface area contributed by atoms with Gasteiger partial charge in [0.25, 0.3) is 0 Å². The quantitative estimate of drug-likeness (QED) is 0.878. The molecule has 0 radical (unpaired) electrons. The van der Waals surface area contributed by atoms with E-state index < -0.39 is 0 Å². The first-order chi connectivity index (χ1) is 8.36. The smallest absolute Gasteiger partial charge is 0.224 e. The van der Waals surface area contributed by atoms with Crippen LogP contribution in [0.3, 0.4) is 0 Å². The average molecular weight is 232 g/mol. The zero-order chi connectivity index (χ0) is 11.7. The molecule has 1 aliphatic carbocycles. The molecule has 0 bridgehead atoms. The first-order valence-corrected chi connectivity index (χ1v) is 6.00. The Morgan fingerprint density at radius 3 is 3.18 bits per heavy atom. The second-order valence-electron chi connectivity index (χ2n) is 4.58. The molecular weight excluding hydrogens is 216 g/mol. The molecule has 0 spiro atoms. The molecule has 0 aliphatic heterocycles. The molecule has 17 heavy (non-hydrogen) atoms. The van der Waals surface area contributed by atoms with E-state index in [0.29, 0.717) is 12.0 Å². The standard InChI is InChI=1S/C13H16N2O2/c1-14-8-9-6-10(7-9)17-13-11-3-5-16-12(11)2-4-15-13/h2-5,9-10,14H,6-8H2,1H3. The van der Waals surface area contributed by atoms with Crippen molar-refractivity contribution in [3.8, 4) is 5.88 Å². The maximum absolute atomic E-state index is 5.90. The SMILES string of the molecule is CNCC1CC(Oc2nccc3occc23)C1. The molecule has 2 aromatic rings. The van der Waals surface area contributed by atoms with Gasteiger partial charge in [0, 0.05) is 6.20 Å². The fraction of sp³-hybridized carbons (Fsp3) is 0.462. The minimum Gasteiger partial charge on any atom is -0.474 e. The lowest BCUT2D eigenvalue weighted by atomic mass is 9.82. The average Bonchev–Trinajstić information content (AvgIpc) is 2.75. The second-order valence-corrected chi connectivity index (χ2v) is 4.58. The Bertz CT molecular complexity index is 503. The Hall–Kier alpha value is -1.55. The monoisotopic (exact) mass is 232 g/mol. The fourth-order valence-corrected chi connectivity index (χ4v) is 2.35. The third-order valence-electron chi connectivity index (χ3n) is 3.31. The van der Waals surface area contributed by atoms with E-state index in [9.17, 15) is 0 Å². The molecule has 0 saturated heterocycles. The van der Waals surface area contributed by atoms with Crippen LogP contribution in [-0.2, 0) is 0 Å². The molecule has 2 aromatic heterocycles. The van der Waals surface area contributed by atoms with Crippen molar-refractivity contribution in [2.75, 3.05) is 13.6 Å². The van der Waals surface area contributed by atoms with Crippen molar-refractivity contribution >= 4 is 11.0 Å². The lowest BCUT2D eigenvalue weighted by Crippen LogP contribution is -2.38. The van der Waals surface area contributed by atoms with E-state index in [1.165, 1.54) is 0 Å². The number of fused-ring (bicyclic) bond motifs is 1. The first-order valence-electron chi connectivity index (χ1n) is 6.00. The fourth-order valence-electron chi connectivity index (χ4n) is 2.35. The molecule has 3 rings (SSSR count). The van der Waals surface area contributed by atoms with Crippen LogP contribution in [0.15, 0.2) is 29.0 Å². The number of hydrogen-bond acceptors (Lipinski definition) is 4. The number of rotatable bonds is 4. The summed E-state index contributed by atoms with van der Waals surface area (Å²) in [6.07, 6.45) is 5.92. The van der Waals surface area contributed by atoms with Gasteiger partial charge in [-0.1, -0.05) is 0 Å². The van der Waals surface area contributed by atoms with Crippen LogP contribution in [0.5, 0.6) is 5.88 Å². The second kappa shape index (κ2) is 4.37. The Kier molecular flexibility index (Phi) is 2.73. The number of aromatic nitrogens is 1. The number of ether oxygens (including phenoxy) is 1. The summed E-state index contributed by atoms with van der Waals surface area (Å²) in [4.78, 5) is 4.27. The van der Waals surface area contributed by atoms with Gasteiger partial charge in [-0.2, -0.15) is 0 Å². The molecule has 0 atom stereocenters. The summed E-state index contributed by atoms with van der Waals surface area (Å²) in [7, 11) is 1.99. The van der Waals surface area contributed by atoms with E-state index in [1.807, 2.05) is 19.2 Å². The molecule has 1 fully saturated rings. The summed E-state index contributed by atoms with van der Waals surface area (Å²) in [6.45, 7) is 1.07. The predicted octanol–water partition coefficient (Wildman–Crippen LogP) is 2.20. The van der Waals surface area contributed by atoms with Gasteiger partial charge in [0.2, 0.25) is 5.88 Å². The van der Waals surface area contributed by atoms with Gasteiger partial charge in [0.05, 0.1) is 11.6 Å². The molecule has 0 unspecified atom stereocenters. The van der Waals surface area contributed by atoms with E-state index >= 15 is 0 Å². The van der Waals surface area contributed by atoms with Gasteiger partial charge in [0.15, 0.2) is 0 Å². The van der Waals surface area contributed by atoms with Gasteiger partial charge < -0.3 is 14.5 Å². The highest BCUT2D eigenvalue weighted by atomic mass is 16.5. The first kappa shape index (κ1) is 10.6. The Balaban J connectivity index is 1.68. The van der Waals surface area contributed by atoms with E-state index in [1.54, 1.807) is 12.5 Å². The molecule has 1 saturated carbocycles. The minimum atomic E-state index is 0.307. The lowest BCUT2D eigenvalue weighted by Gasteiger charge is -2.34. The maximum atomic E-state index is 5.90. The zero-order valence-electron chi connectivity index (χ0n) is 9.85. The van der Waals surface area contributed by atoms with Crippen molar-refractivity contribution in [2.24, 2.45) is 5.92 Å². The molecule has 1 aliphatic rings. The molecule has 0 amide bonds. The van der Waals surface area contributed by atoms with Crippen molar-refractivity contribution in [2.45, 2.75) is 18.9 Å². The van der Waals surface area contributed by atoms with Crippen LogP contribution in [0.1, 0.15) is 12.8 Å². The van der Waals surface area contributed by atoms with Crippen LogP contribution in [0.2, 0.25) is 0 Å². The number of furan rings is 1. The Morgan fingerprint density at radius 2 is 2.35 bits per heavy atom. The normalized spacial score (nSPS) is 23.6. The highest BCUT2D eigenvalue weighted by Crippen LogP contribution is 2.32. The molecule has 4 heteroatoms. The van der Waals surface area contributed by atoms with Crippen LogP contribution >= 0.6 is 0 Å². The van der Waals surface area contributed by atoms with E-state index in [-0.39, 0.29) is 0 Å². The zero-order valence-corrected chi connectivity index (χ0v) is 9.85. The lowest BCUT2D eigenvalue weighted by molar-refractivity contribution is 0.0632. The van der Waals surface area contributed by atoms with Crippen molar-refractivity contribution in [3.63, 3.8) is 0 Å². The van der Waals surface area contributed by atoms with Crippen LogP contribution in [0.4, 0.5) is 0 Å². The van der Waals surface area contributed by atoms with Crippen molar-refractivity contribution in [1.29, 1.82) is 0 Å². The van der Waals surface area contributed by atoms with E-state index in [2.05, 4.69) is 10.3 Å². The van der Waals surface area contributed by atoms with Gasteiger partial charge in [-0.05, 0) is 44.5 Å². The van der Waals surface area contributed by atoms with Crippen molar-refractivity contribution in [3.05, 3.63) is 24.6 Å². The van der Waals surface area contributed by atoms with Crippen LogP contribution in [0, 0.1) is 5.92 Å². The maximum Gasteiger partial charge on any atom is 0.224 e. The number of hydrogen-bond donors (Lipinski definition) is 1. The summed E-state index contributed by atoms with van der Waals surface area (Å²) in [6, 6.07) is 3.76. The number of nitrogens with one attached hydrogen (secondary N) is 1. The van der Waals surface area contributed by atoms with Crippen LogP contribution in [-0.4, -0.2) is 24.7 Å². The highest BCUT2D eigenvalue weighted by molar-refractivity contribution is 5.81. The van der Waals surface area contributed by atoms with Crippen LogP contribution in [0.25, 0.3) is 11.0 Å². The topological polar surface area (TPSA) is 47.3 Å². The largest absolute Gasteiger partial charge is 0.474 e. The van der Waals surface area contributed by atoms with Gasteiger partial charge in [0.1, 0.15) is 11.7 Å². The van der Waals surface area contributed by atoms with Gasteiger partial charge in [-0.3, -0.25) is 0 Å². The van der Waals surface area contributed by atoms with Crippen molar-refractivity contribution in [1.82, 2.24) is 10.3 Å². The number of nitrogens with zero attached hydrogens (tertiary/aromatic N) is 1. The summed E-state index contributed by atoms with van der Waals surface area (Å²) in [5.41, 5.74) is 0.834. The van der Waals surface area contributed by atoms with Gasteiger partial charge >= 0.3 is 0 Å². The molecule has 2 heterocycles. The summed E-state index contributed by atoms with van der Waals surface area (Å²) in [5, 5.41) is 4.16. The van der Waals surface area contributed by atoms with E-state index in [0.717, 1.165) is 36.3 Å². The summed E-state index contributed by atoms with van der Waals surface area (Å²) in [5.74, 6) is 1.44. The molecule has 0 aromatic carbocycles. The van der Waals surface area contributed by atoms with Gasteiger partial charge in [-0.25, -0.2) is 4.98 Å². The minimum absolute atomic E-state index is 0.307. The predicted molar refractivity (Wildman–Crippen MR) is 65.1 cm³/mol. The van der Waals surface area contributed by atoms with Gasteiger partial charge in [-0.15, -0.1) is 0 Å². The third-order valence-corrected chi connectivity index (χ3v) is 3.31. The van der Waals surface area contributed by atoms with E-state index in [4.69, 9.17) is 9.15 Å². The Labute approximate surface area is 100.0 Å². The molecule has 1 N–H and O–H groups in total. The highest BCUT2D eigenvalue weighted by Gasteiger charge is 2.30. The van der Waals surface area contributed by atoms with Crippen LogP contribution < -0.4 is 10.1 Å². The summed E-state index contributed by atoms with van der Waals surface area (Å²) < 4.78 is 11.2. The summed E-state index contributed by atoms with van der Waals surface area (Å²) >= 11 is 0. The number of pyridine rings is 1. The molecule has 4 nitrogen and oxygen atoms in total.